The van der Waals surface area contributed by atoms with E-state index in [4.69, 9.17) is 21.1 Å². The van der Waals surface area contributed by atoms with Crippen LogP contribution in [0.25, 0.3) is 0 Å². The molecule has 27 heavy (non-hydrogen) atoms. The largest absolute Gasteiger partial charge is 0.493 e. The minimum absolute atomic E-state index is 0.0706. The second-order valence-electron chi connectivity index (χ2n) is 6.61. The Morgan fingerprint density at radius 1 is 1.15 bits per heavy atom. The fourth-order valence-corrected chi connectivity index (χ4v) is 2.67. The Balaban J connectivity index is 2.20. The number of anilines is 1. The van der Waals surface area contributed by atoms with E-state index >= 15 is 0 Å². The van der Waals surface area contributed by atoms with Gasteiger partial charge in [0.25, 0.3) is 5.91 Å². The number of methoxy groups -OCH3 is 1. The van der Waals surface area contributed by atoms with Crippen molar-refractivity contribution in [3.8, 4) is 11.5 Å². The number of ketones is 1. The van der Waals surface area contributed by atoms with E-state index in [0.717, 1.165) is 6.42 Å². The van der Waals surface area contributed by atoms with E-state index in [1.54, 1.807) is 36.4 Å². The molecule has 0 aliphatic heterocycles. The zero-order chi connectivity index (χ0) is 20.0. The second-order valence-corrected chi connectivity index (χ2v) is 7.02. The summed E-state index contributed by atoms with van der Waals surface area (Å²) >= 11 is 6.31. The van der Waals surface area contributed by atoms with Crippen LogP contribution in [-0.4, -0.2) is 25.4 Å². The predicted molar refractivity (Wildman–Crippen MR) is 107 cm³/mol. The van der Waals surface area contributed by atoms with Crippen LogP contribution in [0.4, 0.5) is 5.69 Å². The number of hydrogen-bond donors (Lipinski definition) is 1. The van der Waals surface area contributed by atoms with Crippen molar-refractivity contribution >= 4 is 29.0 Å². The quantitative estimate of drug-likeness (QED) is 0.628. The number of hydrogen-bond acceptors (Lipinski definition) is 4. The summed E-state index contributed by atoms with van der Waals surface area (Å²) in [5.41, 5.74) is 1.39. The number of halogens is 1. The van der Waals surface area contributed by atoms with Gasteiger partial charge in [-0.05, 0) is 43.5 Å². The van der Waals surface area contributed by atoms with Gasteiger partial charge in [0.15, 0.2) is 17.3 Å². The molecule has 1 amide bonds. The molecule has 0 spiro atoms. The zero-order valence-corrected chi connectivity index (χ0v) is 16.7. The fourth-order valence-electron chi connectivity index (χ4n) is 2.41. The lowest BCUT2D eigenvalue weighted by atomic mass is 10.1. The number of carbonyl (C=O) groups excluding carboxylic acids is 2. The van der Waals surface area contributed by atoms with Crippen LogP contribution in [0.15, 0.2) is 36.4 Å². The lowest BCUT2D eigenvalue weighted by molar-refractivity contribution is 0.101. The summed E-state index contributed by atoms with van der Waals surface area (Å²) in [6, 6.07) is 9.88. The number of ether oxygens (including phenoxy) is 2. The van der Waals surface area contributed by atoms with E-state index in [1.165, 1.54) is 14.0 Å². The molecule has 0 heterocycles. The van der Waals surface area contributed by atoms with Gasteiger partial charge in [-0.3, -0.25) is 9.59 Å². The first-order valence-electron chi connectivity index (χ1n) is 8.74. The molecule has 2 aromatic rings. The highest BCUT2D eigenvalue weighted by atomic mass is 35.5. The van der Waals surface area contributed by atoms with Gasteiger partial charge < -0.3 is 14.8 Å². The highest BCUT2D eigenvalue weighted by Gasteiger charge is 2.16. The van der Waals surface area contributed by atoms with E-state index in [2.05, 4.69) is 19.2 Å². The number of rotatable bonds is 8. The summed E-state index contributed by atoms with van der Waals surface area (Å²) in [7, 11) is 1.50. The molecule has 0 bridgehead atoms. The van der Waals surface area contributed by atoms with Gasteiger partial charge >= 0.3 is 0 Å². The SMILES string of the molecule is COc1cc(C(=O)Nc2cccc(C(C)=O)c2)cc(Cl)c1OCCC(C)C. The summed E-state index contributed by atoms with van der Waals surface area (Å²) in [5.74, 6) is 0.901. The monoisotopic (exact) mass is 389 g/mol. The Bertz CT molecular complexity index is 833. The number of nitrogens with one attached hydrogen (secondary N) is 1. The third kappa shape index (κ3) is 5.73. The minimum Gasteiger partial charge on any atom is -0.493 e. The van der Waals surface area contributed by atoms with E-state index in [0.29, 0.717) is 45.9 Å². The van der Waals surface area contributed by atoms with Crippen molar-refractivity contribution in [3.63, 3.8) is 0 Å². The first-order valence-corrected chi connectivity index (χ1v) is 9.12. The number of benzene rings is 2. The molecule has 0 aliphatic carbocycles. The van der Waals surface area contributed by atoms with Crippen molar-refractivity contribution in [3.05, 3.63) is 52.5 Å². The van der Waals surface area contributed by atoms with Gasteiger partial charge in [0.05, 0.1) is 18.7 Å². The molecule has 0 saturated carbocycles. The van der Waals surface area contributed by atoms with Crippen molar-refractivity contribution in [2.75, 3.05) is 19.0 Å². The van der Waals surface area contributed by atoms with Crippen LogP contribution < -0.4 is 14.8 Å². The van der Waals surface area contributed by atoms with E-state index < -0.39 is 0 Å². The third-order valence-corrected chi connectivity index (χ3v) is 4.24. The number of amides is 1. The Morgan fingerprint density at radius 3 is 2.52 bits per heavy atom. The van der Waals surface area contributed by atoms with Gasteiger partial charge in [-0.2, -0.15) is 0 Å². The smallest absolute Gasteiger partial charge is 0.255 e. The summed E-state index contributed by atoms with van der Waals surface area (Å²) < 4.78 is 11.1. The maximum Gasteiger partial charge on any atom is 0.255 e. The Labute approximate surface area is 164 Å². The van der Waals surface area contributed by atoms with E-state index in [1.807, 2.05) is 0 Å². The van der Waals surface area contributed by atoms with Gasteiger partial charge in [0.2, 0.25) is 0 Å². The average molecular weight is 390 g/mol. The van der Waals surface area contributed by atoms with Crippen LogP contribution in [0.3, 0.4) is 0 Å². The van der Waals surface area contributed by atoms with Gasteiger partial charge in [-0.25, -0.2) is 0 Å². The summed E-state index contributed by atoms with van der Waals surface area (Å²) in [4.78, 5) is 24.1. The second kappa shape index (κ2) is 9.42. The topological polar surface area (TPSA) is 64.6 Å². The van der Waals surface area contributed by atoms with Crippen molar-refractivity contribution < 1.29 is 19.1 Å². The van der Waals surface area contributed by atoms with Crippen LogP contribution in [-0.2, 0) is 0 Å². The van der Waals surface area contributed by atoms with Gasteiger partial charge in [-0.1, -0.05) is 37.6 Å². The van der Waals surface area contributed by atoms with E-state index in [-0.39, 0.29) is 11.7 Å². The van der Waals surface area contributed by atoms with Gasteiger partial charge in [0, 0.05) is 16.8 Å². The summed E-state index contributed by atoms with van der Waals surface area (Å²) in [5, 5.41) is 3.07. The van der Waals surface area contributed by atoms with Crippen molar-refractivity contribution in [2.45, 2.75) is 27.2 Å². The number of Topliss-reactive ketones (excluding diaryl/α,β-unsaturated/α-hetero) is 1. The minimum atomic E-state index is -0.357. The Morgan fingerprint density at radius 2 is 1.89 bits per heavy atom. The molecule has 0 atom stereocenters. The highest BCUT2D eigenvalue weighted by Crippen LogP contribution is 2.36. The highest BCUT2D eigenvalue weighted by molar-refractivity contribution is 6.32. The van der Waals surface area contributed by atoms with Crippen molar-refractivity contribution in [1.82, 2.24) is 0 Å². The van der Waals surface area contributed by atoms with Gasteiger partial charge in [-0.15, -0.1) is 0 Å². The first-order chi connectivity index (χ1) is 12.8. The molecular weight excluding hydrogens is 366 g/mol. The molecule has 0 unspecified atom stereocenters. The van der Waals surface area contributed by atoms with Crippen LogP contribution in [0.2, 0.25) is 5.02 Å². The van der Waals surface area contributed by atoms with Crippen LogP contribution in [0.5, 0.6) is 11.5 Å². The molecule has 0 saturated heterocycles. The molecule has 0 fully saturated rings. The molecule has 0 radical (unpaired) electrons. The predicted octanol–water partition coefficient (Wildman–Crippen LogP) is 5.23. The molecule has 2 rings (SSSR count). The van der Waals surface area contributed by atoms with Gasteiger partial charge in [0.1, 0.15) is 0 Å². The molecule has 1 N–H and O–H groups in total. The Kier molecular flexibility index (Phi) is 7.25. The van der Waals surface area contributed by atoms with E-state index in [9.17, 15) is 9.59 Å². The third-order valence-electron chi connectivity index (χ3n) is 3.96. The van der Waals surface area contributed by atoms with Crippen molar-refractivity contribution in [2.24, 2.45) is 5.92 Å². The molecular formula is C21H24ClNO4. The van der Waals surface area contributed by atoms with Crippen molar-refractivity contribution in [1.29, 1.82) is 0 Å². The standard InChI is InChI=1S/C21H24ClNO4/c1-13(2)8-9-27-20-18(22)11-16(12-19(20)26-4)21(25)23-17-7-5-6-15(10-17)14(3)24/h5-7,10-13H,8-9H2,1-4H3,(H,23,25). The number of carbonyl (C=O) groups is 2. The summed E-state index contributed by atoms with van der Waals surface area (Å²) in [6.45, 7) is 6.20. The Hall–Kier alpha value is -2.53. The molecule has 5 nitrogen and oxygen atoms in total. The molecule has 0 aliphatic rings. The maximum atomic E-state index is 12.6. The first kappa shape index (κ1) is 20.8. The molecule has 144 valence electrons. The van der Waals surface area contributed by atoms with Crippen LogP contribution in [0, 0.1) is 5.92 Å². The maximum absolute atomic E-state index is 12.6. The lowest BCUT2D eigenvalue weighted by Gasteiger charge is -2.15. The normalized spacial score (nSPS) is 10.6. The average Bonchev–Trinajstić information content (AvgIpc) is 2.62. The fraction of sp³-hybridized carbons (Fsp3) is 0.333. The lowest BCUT2D eigenvalue weighted by Crippen LogP contribution is -2.13. The van der Waals surface area contributed by atoms with Crippen LogP contribution >= 0.6 is 11.6 Å². The van der Waals surface area contributed by atoms with Crippen LogP contribution in [0.1, 0.15) is 47.9 Å². The molecule has 2 aromatic carbocycles. The zero-order valence-electron chi connectivity index (χ0n) is 16.0. The summed E-state index contributed by atoms with van der Waals surface area (Å²) in [6.07, 6.45) is 0.883. The molecule has 6 heteroatoms. The molecule has 0 aromatic heterocycles.